The van der Waals surface area contributed by atoms with E-state index >= 15 is 4.39 Å². The molecule has 36 heavy (non-hydrogen) atoms. The van der Waals surface area contributed by atoms with Gasteiger partial charge in [0.2, 0.25) is 0 Å². The lowest BCUT2D eigenvalue weighted by Crippen LogP contribution is -2.69. The maximum atomic E-state index is 17.4. The van der Waals surface area contributed by atoms with Crippen molar-refractivity contribution in [1.29, 1.82) is 5.26 Å². The second-order valence-electron chi connectivity index (χ2n) is 11.4. The van der Waals surface area contributed by atoms with Crippen LogP contribution in [0.2, 0.25) is 0 Å². The number of allylic oxidation sites excluding steroid dienone is 4. The number of hydrogen-bond donors (Lipinski definition) is 1. The van der Waals surface area contributed by atoms with Crippen LogP contribution in [0.15, 0.2) is 48.3 Å². The highest BCUT2D eigenvalue weighted by Gasteiger charge is 2.79. The zero-order valence-corrected chi connectivity index (χ0v) is 20.3. The average Bonchev–Trinajstić information content (AvgIpc) is 3.35. The van der Waals surface area contributed by atoms with E-state index in [1.54, 1.807) is 37.5 Å². The summed E-state index contributed by atoms with van der Waals surface area (Å²) in [7, 11) is 0. The lowest BCUT2D eigenvalue weighted by atomic mass is 9.45. The van der Waals surface area contributed by atoms with Crippen LogP contribution in [0, 0.1) is 34.0 Å². The Hall–Kier alpha value is -2.73. The summed E-state index contributed by atoms with van der Waals surface area (Å²) in [6.07, 6.45) is 5.77. The van der Waals surface area contributed by atoms with Crippen LogP contribution in [0.25, 0.3) is 0 Å². The molecule has 2 heterocycles. The topological polar surface area (TPSA) is 110 Å². The lowest BCUT2D eigenvalue weighted by molar-refractivity contribution is -0.226. The van der Waals surface area contributed by atoms with E-state index in [0.717, 1.165) is 0 Å². The number of rotatable bonds is 3. The molecule has 0 bridgehead atoms. The molecule has 1 unspecified atom stereocenters. The van der Waals surface area contributed by atoms with Crippen molar-refractivity contribution in [3.63, 3.8) is 0 Å². The van der Waals surface area contributed by atoms with Crippen LogP contribution in [0.1, 0.15) is 57.8 Å². The van der Waals surface area contributed by atoms with Crippen LogP contribution >= 0.6 is 0 Å². The molecule has 188 valence electrons. The number of fused-ring (bicyclic) bond motifs is 7. The summed E-state index contributed by atoms with van der Waals surface area (Å²) in [5.74, 6) is -1.42. The van der Waals surface area contributed by atoms with Gasteiger partial charge >= 0.3 is 0 Å². The number of pyridine rings is 1. The number of alkyl halides is 1. The summed E-state index contributed by atoms with van der Waals surface area (Å²) >= 11 is 0. The van der Waals surface area contributed by atoms with Gasteiger partial charge in [-0.1, -0.05) is 30.7 Å². The summed E-state index contributed by atoms with van der Waals surface area (Å²) in [4.78, 5) is 29.9. The van der Waals surface area contributed by atoms with Gasteiger partial charge in [0.1, 0.15) is 0 Å². The maximum Gasteiger partial charge on any atom is 0.187 e. The number of carbonyl (C=O) groups excluding carboxylic acids is 2. The van der Waals surface area contributed by atoms with Gasteiger partial charge in [0.25, 0.3) is 0 Å². The third-order valence-electron chi connectivity index (χ3n) is 9.96. The second kappa shape index (κ2) is 7.64. The highest BCUT2D eigenvalue weighted by atomic mass is 19.1. The highest BCUT2D eigenvalue weighted by Crippen LogP contribution is 2.72. The Morgan fingerprint density at radius 3 is 2.89 bits per heavy atom. The standard InChI is InChI=1S/C28H29FN2O5/c1-25-9-7-18(32)12-17(25)5-6-19-20-13-23-28(21(33)8-10-30,26(20,2)14-22(34)27(19,25)29)36-24(35-23)16-4-3-11-31-15-16/h3-5,7,9,11,15,19-20,22-24,34H,6,8,12-14H2,1-2H3/t19-,20-,22-,23+,24?,25-,26-,27-,28+/m0/s1. The molecule has 1 aromatic rings. The van der Waals surface area contributed by atoms with E-state index in [0.29, 0.717) is 24.0 Å². The Bertz CT molecular complexity index is 1240. The molecular weight excluding hydrogens is 463 g/mol. The van der Waals surface area contributed by atoms with Crippen molar-refractivity contribution < 1.29 is 28.6 Å². The number of carbonyl (C=O) groups is 2. The number of aliphatic hydroxyl groups is 1. The first-order chi connectivity index (χ1) is 17.1. The van der Waals surface area contributed by atoms with Crippen molar-refractivity contribution in [2.45, 2.75) is 75.7 Å². The molecule has 5 aliphatic rings. The largest absolute Gasteiger partial charge is 0.390 e. The molecule has 1 aliphatic heterocycles. The summed E-state index contributed by atoms with van der Waals surface area (Å²) in [6.45, 7) is 3.64. The van der Waals surface area contributed by atoms with E-state index in [9.17, 15) is 20.0 Å². The molecule has 0 radical (unpaired) electrons. The van der Waals surface area contributed by atoms with Crippen LogP contribution in [0.3, 0.4) is 0 Å². The molecule has 3 fully saturated rings. The van der Waals surface area contributed by atoms with Crippen LogP contribution < -0.4 is 0 Å². The molecule has 0 amide bonds. The molecular formula is C28H29FN2O5. The smallest absolute Gasteiger partial charge is 0.187 e. The summed E-state index contributed by atoms with van der Waals surface area (Å²) < 4.78 is 30.2. The van der Waals surface area contributed by atoms with Crippen molar-refractivity contribution in [3.05, 3.63) is 53.9 Å². The number of nitrogens with zero attached hydrogens (tertiary/aromatic N) is 2. The van der Waals surface area contributed by atoms with Gasteiger partial charge in [-0.2, -0.15) is 5.26 Å². The number of hydrogen-bond acceptors (Lipinski definition) is 7. The summed E-state index contributed by atoms with van der Waals surface area (Å²) in [6, 6.07) is 5.51. The van der Waals surface area contributed by atoms with E-state index in [4.69, 9.17) is 9.47 Å². The van der Waals surface area contributed by atoms with E-state index < -0.39 is 52.3 Å². The quantitative estimate of drug-likeness (QED) is 0.641. The summed E-state index contributed by atoms with van der Waals surface area (Å²) in [5.41, 5.74) is -4.22. The summed E-state index contributed by atoms with van der Waals surface area (Å²) in [5, 5.41) is 21.0. The Labute approximate surface area is 209 Å². The third-order valence-corrected chi connectivity index (χ3v) is 9.96. The molecule has 0 spiro atoms. The average molecular weight is 493 g/mol. The van der Waals surface area contributed by atoms with Crippen molar-refractivity contribution in [2.24, 2.45) is 22.7 Å². The SMILES string of the molecule is C[C@]12C=CC(=O)CC1=CC[C@H]1[C@@H]3C[C@H]4OC(c5cccnc5)O[C@@]4(C(=O)CC#N)[C@@]3(C)C[C@H](O)[C@@]12F. The predicted molar refractivity (Wildman–Crippen MR) is 125 cm³/mol. The van der Waals surface area contributed by atoms with Crippen LogP contribution in [0.4, 0.5) is 4.39 Å². The Morgan fingerprint density at radius 2 is 2.17 bits per heavy atom. The zero-order chi connectivity index (χ0) is 25.5. The van der Waals surface area contributed by atoms with Gasteiger partial charge in [-0.15, -0.1) is 0 Å². The van der Waals surface area contributed by atoms with Gasteiger partial charge in [0.05, 0.1) is 24.7 Å². The van der Waals surface area contributed by atoms with Crippen LogP contribution in [0.5, 0.6) is 0 Å². The van der Waals surface area contributed by atoms with E-state index in [2.05, 4.69) is 4.98 Å². The molecule has 0 aromatic carbocycles. The van der Waals surface area contributed by atoms with Crippen LogP contribution in [-0.2, 0) is 19.1 Å². The molecule has 1 N–H and O–H groups in total. The normalized spacial score (nSPS) is 46.7. The van der Waals surface area contributed by atoms with Crippen molar-refractivity contribution in [3.8, 4) is 6.07 Å². The Morgan fingerprint density at radius 1 is 1.36 bits per heavy atom. The van der Waals surface area contributed by atoms with Gasteiger partial charge < -0.3 is 14.6 Å². The third kappa shape index (κ3) is 2.69. The fraction of sp³-hybridized carbons (Fsp3) is 0.571. The minimum atomic E-state index is -2.01. The van der Waals surface area contributed by atoms with Crippen molar-refractivity contribution >= 4 is 11.6 Å². The van der Waals surface area contributed by atoms with E-state index in [1.165, 1.54) is 6.08 Å². The van der Waals surface area contributed by atoms with Crippen molar-refractivity contribution in [1.82, 2.24) is 4.98 Å². The molecule has 1 aromatic heterocycles. The Balaban J connectivity index is 1.45. The minimum Gasteiger partial charge on any atom is -0.390 e. The lowest BCUT2D eigenvalue weighted by Gasteiger charge is -2.62. The van der Waals surface area contributed by atoms with Gasteiger partial charge in [-0.25, -0.2) is 4.39 Å². The van der Waals surface area contributed by atoms with E-state index in [1.807, 2.05) is 19.1 Å². The van der Waals surface area contributed by atoms with Gasteiger partial charge in [0.15, 0.2) is 29.1 Å². The van der Waals surface area contributed by atoms with Gasteiger partial charge in [-0.3, -0.25) is 14.6 Å². The van der Waals surface area contributed by atoms with Crippen molar-refractivity contribution in [2.75, 3.05) is 0 Å². The van der Waals surface area contributed by atoms with Gasteiger partial charge in [-0.05, 0) is 44.2 Å². The molecule has 6 rings (SSSR count). The number of ether oxygens (including phenoxy) is 2. The first-order valence-corrected chi connectivity index (χ1v) is 12.5. The molecule has 1 saturated heterocycles. The predicted octanol–water partition coefficient (Wildman–Crippen LogP) is 3.70. The highest BCUT2D eigenvalue weighted by molar-refractivity contribution is 5.94. The first-order valence-electron chi connectivity index (χ1n) is 12.5. The number of halogens is 1. The molecule has 2 saturated carbocycles. The molecule has 8 heteroatoms. The molecule has 9 atom stereocenters. The maximum absolute atomic E-state index is 17.4. The van der Waals surface area contributed by atoms with Gasteiger partial charge in [0, 0.05) is 41.1 Å². The first kappa shape index (κ1) is 23.7. The fourth-order valence-electron chi connectivity index (χ4n) is 8.23. The number of ketones is 2. The molecule has 4 aliphatic carbocycles. The van der Waals surface area contributed by atoms with E-state index in [-0.39, 0.29) is 31.0 Å². The zero-order valence-electron chi connectivity index (χ0n) is 20.3. The fourth-order valence-corrected chi connectivity index (χ4v) is 8.23. The number of aromatic nitrogens is 1. The second-order valence-corrected chi connectivity index (χ2v) is 11.4. The minimum absolute atomic E-state index is 0.0217. The number of Topliss-reactive ketones (excluding diaryl/α,β-unsaturated/α-hetero) is 1. The van der Waals surface area contributed by atoms with Crippen LogP contribution in [-0.4, -0.2) is 45.1 Å². The molecule has 7 nitrogen and oxygen atoms in total. The number of nitriles is 1. The Kier molecular flexibility index (Phi) is 5.02. The number of aliphatic hydroxyl groups excluding tert-OH is 1. The monoisotopic (exact) mass is 492 g/mol.